The highest BCUT2D eigenvalue weighted by atomic mass is 79.9. The quantitative estimate of drug-likeness (QED) is 0.761. The fraction of sp³-hybridized carbons (Fsp3) is 0.200. The minimum atomic E-state index is -0.221. The lowest BCUT2D eigenvalue weighted by Crippen LogP contribution is -2.18. The van der Waals surface area contributed by atoms with E-state index < -0.39 is 0 Å². The van der Waals surface area contributed by atoms with Gasteiger partial charge in [0.05, 0.1) is 0 Å². The third-order valence-electron chi connectivity index (χ3n) is 2.88. The summed E-state index contributed by atoms with van der Waals surface area (Å²) in [5.74, 6) is -0.221. The molecule has 0 heterocycles. The van der Waals surface area contributed by atoms with Crippen LogP contribution in [0.1, 0.15) is 24.1 Å². The Morgan fingerprint density at radius 1 is 1.11 bits per heavy atom. The zero-order valence-electron chi connectivity index (χ0n) is 10.5. The van der Waals surface area contributed by atoms with E-state index in [0.29, 0.717) is 6.54 Å². The van der Waals surface area contributed by atoms with Crippen LogP contribution in [-0.2, 0) is 6.54 Å². The van der Waals surface area contributed by atoms with Gasteiger partial charge in [0.25, 0.3) is 0 Å². The molecule has 0 aliphatic carbocycles. The maximum absolute atomic E-state index is 13.3. The van der Waals surface area contributed by atoms with Crippen LogP contribution < -0.4 is 5.32 Å². The Kier molecular flexibility index (Phi) is 5.13. The molecule has 0 bridgehead atoms. The van der Waals surface area contributed by atoms with Crippen LogP contribution in [-0.4, -0.2) is 0 Å². The first-order valence-electron chi connectivity index (χ1n) is 5.98. The fourth-order valence-electron chi connectivity index (χ4n) is 1.88. The molecule has 2 aromatic carbocycles. The second-order valence-electron chi connectivity index (χ2n) is 4.44. The molecule has 1 nitrogen and oxygen atoms in total. The van der Waals surface area contributed by atoms with Gasteiger partial charge in [0.1, 0.15) is 5.82 Å². The third kappa shape index (κ3) is 4.41. The average molecular weight is 387 g/mol. The molecule has 1 N–H and O–H groups in total. The second kappa shape index (κ2) is 6.64. The van der Waals surface area contributed by atoms with Crippen LogP contribution in [0, 0.1) is 5.82 Å². The van der Waals surface area contributed by atoms with Crippen LogP contribution in [0.25, 0.3) is 0 Å². The van der Waals surface area contributed by atoms with Crippen LogP contribution in [0.15, 0.2) is 51.4 Å². The van der Waals surface area contributed by atoms with E-state index in [1.54, 1.807) is 6.07 Å². The zero-order valence-corrected chi connectivity index (χ0v) is 13.6. The lowest BCUT2D eigenvalue weighted by atomic mass is 10.1. The van der Waals surface area contributed by atoms with Crippen LogP contribution in [0.3, 0.4) is 0 Å². The van der Waals surface area contributed by atoms with Crippen molar-refractivity contribution < 1.29 is 4.39 Å². The highest BCUT2D eigenvalue weighted by Gasteiger charge is 2.06. The van der Waals surface area contributed by atoms with Crippen molar-refractivity contribution in [3.8, 4) is 0 Å². The number of hydrogen-bond acceptors (Lipinski definition) is 1. The summed E-state index contributed by atoms with van der Waals surface area (Å²) >= 11 is 6.76. The van der Waals surface area contributed by atoms with Gasteiger partial charge in [0.15, 0.2) is 0 Å². The van der Waals surface area contributed by atoms with Gasteiger partial charge in [-0.2, -0.15) is 0 Å². The number of halogens is 3. The normalized spacial score (nSPS) is 12.4. The maximum Gasteiger partial charge on any atom is 0.124 e. The van der Waals surface area contributed by atoms with Crippen molar-refractivity contribution in [3.63, 3.8) is 0 Å². The summed E-state index contributed by atoms with van der Waals surface area (Å²) in [5.41, 5.74) is 2.12. The summed E-state index contributed by atoms with van der Waals surface area (Å²) in [7, 11) is 0. The minimum absolute atomic E-state index is 0.208. The summed E-state index contributed by atoms with van der Waals surface area (Å²) in [6.45, 7) is 2.72. The Bertz CT molecular complexity index is 552. The summed E-state index contributed by atoms with van der Waals surface area (Å²) in [6.07, 6.45) is 0. The molecule has 2 aromatic rings. The molecule has 0 unspecified atom stereocenters. The summed E-state index contributed by atoms with van der Waals surface area (Å²) < 4.78 is 15.1. The van der Waals surface area contributed by atoms with Gasteiger partial charge < -0.3 is 5.32 Å². The van der Waals surface area contributed by atoms with E-state index in [4.69, 9.17) is 0 Å². The molecule has 0 aliphatic rings. The standard InChI is InChI=1S/C15H14Br2FN/c1-10(12-3-2-4-13(16)7-12)19-9-11-5-14(17)8-15(18)6-11/h2-8,10,19H,9H2,1H3/t10-/m1/s1. The minimum Gasteiger partial charge on any atom is -0.306 e. The van der Waals surface area contributed by atoms with Gasteiger partial charge in [-0.3, -0.25) is 0 Å². The van der Waals surface area contributed by atoms with Crippen LogP contribution in [0.4, 0.5) is 4.39 Å². The third-order valence-corrected chi connectivity index (χ3v) is 3.83. The van der Waals surface area contributed by atoms with E-state index in [1.807, 2.05) is 18.2 Å². The van der Waals surface area contributed by atoms with Crippen molar-refractivity contribution in [1.29, 1.82) is 0 Å². The summed E-state index contributed by atoms with van der Waals surface area (Å²) in [4.78, 5) is 0. The van der Waals surface area contributed by atoms with Crippen molar-refractivity contribution in [2.75, 3.05) is 0 Å². The van der Waals surface area contributed by atoms with E-state index in [2.05, 4.69) is 56.2 Å². The SMILES string of the molecule is C[C@@H](NCc1cc(F)cc(Br)c1)c1cccc(Br)c1. The van der Waals surface area contributed by atoms with Crippen LogP contribution in [0.2, 0.25) is 0 Å². The van der Waals surface area contributed by atoms with E-state index >= 15 is 0 Å². The molecule has 4 heteroatoms. The predicted molar refractivity (Wildman–Crippen MR) is 83.5 cm³/mol. The van der Waals surface area contributed by atoms with Crippen molar-refractivity contribution in [2.24, 2.45) is 0 Å². The molecule has 1 atom stereocenters. The molecular weight excluding hydrogens is 373 g/mol. The predicted octanol–water partition coefficient (Wildman–Crippen LogP) is 5.20. The number of rotatable bonds is 4. The van der Waals surface area contributed by atoms with E-state index in [-0.39, 0.29) is 11.9 Å². The Morgan fingerprint density at radius 2 is 1.89 bits per heavy atom. The number of hydrogen-bond donors (Lipinski definition) is 1. The van der Waals surface area contributed by atoms with Crippen LogP contribution >= 0.6 is 31.9 Å². The van der Waals surface area contributed by atoms with Gasteiger partial charge in [-0.15, -0.1) is 0 Å². The molecule has 19 heavy (non-hydrogen) atoms. The van der Waals surface area contributed by atoms with E-state index in [0.717, 1.165) is 14.5 Å². The van der Waals surface area contributed by atoms with Crippen LogP contribution in [0.5, 0.6) is 0 Å². The zero-order chi connectivity index (χ0) is 13.8. The first-order valence-corrected chi connectivity index (χ1v) is 7.57. The van der Waals surface area contributed by atoms with Gasteiger partial charge in [-0.05, 0) is 48.4 Å². The lowest BCUT2D eigenvalue weighted by molar-refractivity contribution is 0.569. The smallest absolute Gasteiger partial charge is 0.124 e. The molecule has 0 saturated carbocycles. The molecule has 0 amide bonds. The Hall–Kier alpha value is -0.710. The van der Waals surface area contributed by atoms with Crippen molar-refractivity contribution >= 4 is 31.9 Å². The topological polar surface area (TPSA) is 12.0 Å². The van der Waals surface area contributed by atoms with E-state index in [9.17, 15) is 4.39 Å². The number of benzene rings is 2. The number of nitrogens with one attached hydrogen (secondary N) is 1. The largest absolute Gasteiger partial charge is 0.306 e. The second-order valence-corrected chi connectivity index (χ2v) is 6.27. The molecule has 0 aromatic heterocycles. The van der Waals surface area contributed by atoms with E-state index in [1.165, 1.54) is 11.6 Å². The Morgan fingerprint density at radius 3 is 2.58 bits per heavy atom. The summed E-state index contributed by atoms with van der Waals surface area (Å²) in [6, 6.07) is 13.3. The Balaban J connectivity index is 2.02. The van der Waals surface area contributed by atoms with Gasteiger partial charge in [-0.1, -0.05) is 44.0 Å². The molecule has 0 aliphatic heterocycles. The molecule has 0 spiro atoms. The van der Waals surface area contributed by atoms with Gasteiger partial charge in [0, 0.05) is 21.5 Å². The highest BCUT2D eigenvalue weighted by Crippen LogP contribution is 2.19. The molecule has 0 saturated heterocycles. The molecule has 0 fully saturated rings. The van der Waals surface area contributed by atoms with Gasteiger partial charge in [0.2, 0.25) is 0 Å². The molecule has 100 valence electrons. The van der Waals surface area contributed by atoms with Crippen molar-refractivity contribution in [3.05, 3.63) is 68.4 Å². The monoisotopic (exact) mass is 385 g/mol. The molecule has 2 rings (SSSR count). The fourth-order valence-corrected chi connectivity index (χ4v) is 2.81. The molecular formula is C15H14Br2FN. The first-order chi connectivity index (χ1) is 9.04. The lowest BCUT2D eigenvalue weighted by Gasteiger charge is -2.15. The van der Waals surface area contributed by atoms with Crippen molar-refractivity contribution in [2.45, 2.75) is 19.5 Å². The van der Waals surface area contributed by atoms with Gasteiger partial charge in [-0.25, -0.2) is 4.39 Å². The summed E-state index contributed by atoms with van der Waals surface area (Å²) in [5, 5.41) is 3.39. The molecule has 0 radical (unpaired) electrons. The Labute approximate surface area is 129 Å². The highest BCUT2D eigenvalue weighted by molar-refractivity contribution is 9.10. The van der Waals surface area contributed by atoms with Crippen molar-refractivity contribution in [1.82, 2.24) is 5.32 Å². The van der Waals surface area contributed by atoms with Gasteiger partial charge >= 0.3 is 0 Å². The average Bonchev–Trinajstić information content (AvgIpc) is 2.35. The first kappa shape index (κ1) is 14.7. The maximum atomic E-state index is 13.3.